The molecule has 0 aromatic rings. The summed E-state index contributed by atoms with van der Waals surface area (Å²) < 4.78 is 0. The van der Waals surface area contributed by atoms with Crippen molar-refractivity contribution in [2.24, 2.45) is 0 Å². The van der Waals surface area contributed by atoms with Gasteiger partial charge < -0.3 is 5.32 Å². The predicted octanol–water partition coefficient (Wildman–Crippen LogP) is 0.953. The monoisotopic (exact) mass is 119 g/mol. The maximum atomic E-state index is 3.06. The van der Waals surface area contributed by atoms with Crippen LogP contribution in [0.25, 0.3) is 0 Å². The standard InChI is InChI=1S/C3H6NPS/c5-3-4-1-2-6-3/h1-4H,5H2. The lowest BCUT2D eigenvalue weighted by atomic mass is 11.0. The van der Waals surface area contributed by atoms with Gasteiger partial charge in [-0.3, -0.25) is 0 Å². The Morgan fingerprint density at radius 1 is 1.83 bits per heavy atom. The fraction of sp³-hybridized carbons (Fsp3) is 0.333. The van der Waals surface area contributed by atoms with Crippen LogP contribution in [0, 0.1) is 0 Å². The van der Waals surface area contributed by atoms with Crippen molar-refractivity contribution in [1.29, 1.82) is 0 Å². The van der Waals surface area contributed by atoms with Gasteiger partial charge in [-0.25, -0.2) is 0 Å². The third kappa shape index (κ3) is 0.889. The second-order valence-electron chi connectivity index (χ2n) is 1.03. The summed E-state index contributed by atoms with van der Waals surface area (Å²) in [4.78, 5) is 0. The van der Waals surface area contributed by atoms with Crippen LogP contribution in [0.4, 0.5) is 0 Å². The molecule has 6 heavy (non-hydrogen) atoms. The van der Waals surface area contributed by atoms with Crippen molar-refractivity contribution in [3.63, 3.8) is 0 Å². The van der Waals surface area contributed by atoms with Gasteiger partial charge in [-0.05, 0) is 5.41 Å². The lowest BCUT2D eigenvalue weighted by Crippen LogP contribution is -2.05. The highest BCUT2D eigenvalue weighted by Crippen LogP contribution is 2.19. The minimum absolute atomic E-state index is 0.519. The molecule has 0 fully saturated rings. The molecule has 0 aromatic heterocycles. The third-order valence-electron chi connectivity index (χ3n) is 0.554. The van der Waals surface area contributed by atoms with Gasteiger partial charge in [0.05, 0.1) is 5.11 Å². The van der Waals surface area contributed by atoms with Crippen LogP contribution in [0.2, 0.25) is 0 Å². The molecule has 1 aliphatic rings. The Morgan fingerprint density at radius 2 is 2.67 bits per heavy atom. The lowest BCUT2D eigenvalue weighted by Gasteiger charge is -1.96. The van der Waals surface area contributed by atoms with Crippen LogP contribution < -0.4 is 5.32 Å². The van der Waals surface area contributed by atoms with E-state index in [0.29, 0.717) is 5.11 Å². The van der Waals surface area contributed by atoms with Crippen LogP contribution in [0.5, 0.6) is 0 Å². The number of thioether (sulfide) groups is 1. The summed E-state index contributed by atoms with van der Waals surface area (Å²) >= 11 is 1.77. The molecular weight excluding hydrogens is 113 g/mol. The smallest absolute Gasteiger partial charge is 0.0895 e. The van der Waals surface area contributed by atoms with Crippen LogP contribution in [0.3, 0.4) is 0 Å². The van der Waals surface area contributed by atoms with Gasteiger partial charge in [0.1, 0.15) is 0 Å². The first-order chi connectivity index (χ1) is 2.89. The molecule has 2 unspecified atom stereocenters. The Labute approximate surface area is 43.8 Å². The average Bonchev–Trinajstić information content (AvgIpc) is 1.86. The van der Waals surface area contributed by atoms with E-state index < -0.39 is 0 Å². The highest BCUT2D eigenvalue weighted by atomic mass is 32.2. The second kappa shape index (κ2) is 1.85. The summed E-state index contributed by atoms with van der Waals surface area (Å²) in [7, 11) is 2.66. The van der Waals surface area contributed by atoms with Gasteiger partial charge in [-0.15, -0.1) is 21.0 Å². The van der Waals surface area contributed by atoms with E-state index >= 15 is 0 Å². The van der Waals surface area contributed by atoms with Crippen molar-refractivity contribution in [2.75, 3.05) is 0 Å². The first-order valence-corrected chi connectivity index (χ1v) is 3.32. The van der Waals surface area contributed by atoms with Gasteiger partial charge in [0.15, 0.2) is 0 Å². The number of hydrogen-bond acceptors (Lipinski definition) is 2. The minimum Gasteiger partial charge on any atom is -0.375 e. The molecule has 0 amide bonds. The van der Waals surface area contributed by atoms with E-state index in [1.165, 1.54) is 0 Å². The summed E-state index contributed by atoms with van der Waals surface area (Å²) in [5, 5.41) is 5.62. The fourth-order valence-electron chi connectivity index (χ4n) is 0.297. The molecule has 1 nitrogen and oxygen atoms in total. The Morgan fingerprint density at radius 3 is 2.83 bits per heavy atom. The molecule has 34 valence electrons. The van der Waals surface area contributed by atoms with E-state index in [2.05, 4.69) is 14.6 Å². The van der Waals surface area contributed by atoms with Crippen LogP contribution >= 0.6 is 21.0 Å². The molecule has 0 spiro atoms. The van der Waals surface area contributed by atoms with E-state index in [1.807, 2.05) is 11.6 Å². The van der Waals surface area contributed by atoms with Crippen LogP contribution in [-0.2, 0) is 0 Å². The molecule has 0 bridgehead atoms. The van der Waals surface area contributed by atoms with Gasteiger partial charge in [-0.2, -0.15) is 0 Å². The van der Waals surface area contributed by atoms with Crippen LogP contribution in [0.15, 0.2) is 11.6 Å². The number of nitrogens with one attached hydrogen (secondary N) is 1. The van der Waals surface area contributed by atoms with E-state index in [9.17, 15) is 0 Å². The van der Waals surface area contributed by atoms with Crippen LogP contribution in [-0.4, -0.2) is 5.11 Å². The van der Waals surface area contributed by atoms with Gasteiger partial charge >= 0.3 is 0 Å². The van der Waals surface area contributed by atoms with Crippen molar-refractivity contribution in [3.05, 3.63) is 11.6 Å². The van der Waals surface area contributed by atoms with Crippen molar-refractivity contribution in [3.8, 4) is 0 Å². The van der Waals surface area contributed by atoms with E-state index in [0.717, 1.165) is 0 Å². The SMILES string of the molecule is PC1NC=CS1. The molecular formula is C3H6NPS. The van der Waals surface area contributed by atoms with E-state index in [1.54, 1.807) is 11.8 Å². The molecule has 2 atom stereocenters. The lowest BCUT2D eigenvalue weighted by molar-refractivity contribution is 1.03. The Balaban J connectivity index is 2.32. The normalized spacial score (nSPS) is 30.5. The Kier molecular flexibility index (Phi) is 1.38. The predicted molar refractivity (Wildman–Crippen MR) is 33.4 cm³/mol. The van der Waals surface area contributed by atoms with E-state index in [4.69, 9.17) is 0 Å². The second-order valence-corrected chi connectivity index (χ2v) is 3.23. The maximum absolute atomic E-state index is 3.06. The van der Waals surface area contributed by atoms with Crippen LogP contribution in [0.1, 0.15) is 0 Å². The zero-order chi connectivity index (χ0) is 4.41. The molecule has 0 aliphatic carbocycles. The highest BCUT2D eigenvalue weighted by Gasteiger charge is 1.98. The minimum atomic E-state index is 0.519. The molecule has 1 N–H and O–H groups in total. The van der Waals surface area contributed by atoms with Gasteiger partial charge in [0.2, 0.25) is 0 Å². The summed E-state index contributed by atoms with van der Waals surface area (Å²) in [5.74, 6) is 0. The molecule has 3 heteroatoms. The molecule has 0 saturated heterocycles. The Bertz CT molecular complexity index is 65.2. The van der Waals surface area contributed by atoms with Crippen molar-refractivity contribution >= 4 is 21.0 Å². The molecule has 0 aromatic carbocycles. The zero-order valence-electron chi connectivity index (χ0n) is 3.22. The molecule has 0 saturated carbocycles. The number of rotatable bonds is 0. The first kappa shape index (κ1) is 4.48. The topological polar surface area (TPSA) is 12.0 Å². The molecule has 0 radical (unpaired) electrons. The van der Waals surface area contributed by atoms with Gasteiger partial charge in [-0.1, -0.05) is 0 Å². The zero-order valence-corrected chi connectivity index (χ0v) is 5.19. The summed E-state index contributed by atoms with van der Waals surface area (Å²) in [6, 6.07) is 0. The summed E-state index contributed by atoms with van der Waals surface area (Å²) in [6.45, 7) is 0. The first-order valence-electron chi connectivity index (χ1n) is 1.72. The fourth-order valence-corrected chi connectivity index (χ4v) is 1.16. The van der Waals surface area contributed by atoms with Crippen molar-refractivity contribution in [2.45, 2.75) is 5.11 Å². The summed E-state index contributed by atoms with van der Waals surface area (Å²) in [5.41, 5.74) is 0. The molecule has 1 aliphatic heterocycles. The number of hydrogen-bond donors (Lipinski definition) is 1. The van der Waals surface area contributed by atoms with E-state index in [-0.39, 0.29) is 0 Å². The average molecular weight is 119 g/mol. The quantitative estimate of drug-likeness (QED) is 0.476. The van der Waals surface area contributed by atoms with Crippen molar-refractivity contribution < 1.29 is 0 Å². The van der Waals surface area contributed by atoms with Crippen molar-refractivity contribution in [1.82, 2.24) is 5.32 Å². The Hall–Kier alpha value is 0.320. The summed E-state index contributed by atoms with van der Waals surface area (Å²) in [6.07, 6.45) is 1.95. The van der Waals surface area contributed by atoms with Gasteiger partial charge in [0, 0.05) is 6.20 Å². The molecule has 1 heterocycles. The van der Waals surface area contributed by atoms with Gasteiger partial charge in [0.25, 0.3) is 0 Å². The largest absolute Gasteiger partial charge is 0.375 e. The maximum Gasteiger partial charge on any atom is 0.0895 e. The third-order valence-corrected chi connectivity index (χ3v) is 1.94. The molecule has 1 rings (SSSR count). The highest BCUT2D eigenvalue weighted by molar-refractivity contribution is 8.06.